The Bertz CT molecular complexity index is 137. The molecular weight excluding hydrogens is 170 g/mol. The van der Waals surface area contributed by atoms with Gasteiger partial charge in [-0.1, -0.05) is 38.5 Å². The second-order valence-electron chi connectivity index (χ2n) is 5.10. The van der Waals surface area contributed by atoms with E-state index in [1.165, 1.54) is 64.2 Å². The predicted octanol–water partition coefficient (Wildman–Crippen LogP) is 3.75. The summed E-state index contributed by atoms with van der Waals surface area (Å²) in [6, 6.07) is 1.62. The van der Waals surface area contributed by atoms with Crippen molar-refractivity contribution in [3.8, 4) is 0 Å². The van der Waals surface area contributed by atoms with E-state index in [-0.39, 0.29) is 0 Å². The molecule has 0 unspecified atom stereocenters. The molecule has 1 heteroatoms. The van der Waals surface area contributed by atoms with E-state index in [9.17, 15) is 0 Å². The molecule has 2 aliphatic carbocycles. The summed E-state index contributed by atoms with van der Waals surface area (Å²) in [7, 11) is 4.32. The average molecular weight is 194 g/mol. The van der Waals surface area contributed by atoms with Crippen molar-refractivity contribution in [3.05, 3.63) is 7.05 Å². The minimum atomic E-state index is 0.812. The van der Waals surface area contributed by atoms with Crippen molar-refractivity contribution in [1.29, 1.82) is 0 Å². The Kier molecular flexibility index (Phi) is 3.86. The molecule has 0 aromatic rings. The highest BCUT2D eigenvalue weighted by atomic mass is 15.2. The van der Waals surface area contributed by atoms with E-state index < -0.39 is 0 Å². The molecule has 2 aliphatic rings. The molecule has 81 valence electrons. The van der Waals surface area contributed by atoms with Crippen LogP contribution in [0.15, 0.2) is 0 Å². The van der Waals surface area contributed by atoms with Gasteiger partial charge in [0, 0.05) is 19.1 Å². The largest absolute Gasteiger partial charge is 0.296 e. The van der Waals surface area contributed by atoms with Gasteiger partial charge in [-0.05, 0) is 25.7 Å². The monoisotopic (exact) mass is 194 g/mol. The summed E-state index contributed by atoms with van der Waals surface area (Å²) in [4.78, 5) is 2.47. The molecule has 14 heavy (non-hydrogen) atoms. The van der Waals surface area contributed by atoms with Crippen LogP contribution in [0.1, 0.15) is 64.2 Å². The Morgan fingerprint density at radius 1 is 0.643 bits per heavy atom. The van der Waals surface area contributed by atoms with Crippen LogP contribution >= 0.6 is 0 Å². The summed E-state index contributed by atoms with van der Waals surface area (Å²) in [6.07, 6.45) is 14.3. The van der Waals surface area contributed by atoms with Crippen LogP contribution in [0.4, 0.5) is 0 Å². The van der Waals surface area contributed by atoms with E-state index in [0.717, 1.165) is 12.1 Å². The number of nitrogens with zero attached hydrogens (tertiary/aromatic N) is 1. The van der Waals surface area contributed by atoms with Gasteiger partial charge in [0.25, 0.3) is 0 Å². The van der Waals surface area contributed by atoms with Crippen LogP contribution < -0.4 is 0 Å². The highest BCUT2D eigenvalue weighted by Crippen LogP contribution is 2.29. The van der Waals surface area contributed by atoms with Gasteiger partial charge in [0.2, 0.25) is 0 Å². The zero-order valence-corrected chi connectivity index (χ0v) is 9.38. The quantitative estimate of drug-likeness (QED) is 0.647. The Hall–Kier alpha value is -0.0400. The van der Waals surface area contributed by atoms with Crippen molar-refractivity contribution in [2.24, 2.45) is 0 Å². The number of rotatable bonds is 2. The van der Waals surface area contributed by atoms with Gasteiger partial charge in [0.05, 0.1) is 0 Å². The third kappa shape index (κ3) is 2.50. The summed E-state index contributed by atoms with van der Waals surface area (Å²) in [5.74, 6) is 0. The molecule has 2 rings (SSSR count). The van der Waals surface area contributed by atoms with Crippen molar-refractivity contribution in [1.82, 2.24) is 4.90 Å². The van der Waals surface area contributed by atoms with Crippen molar-refractivity contribution in [2.45, 2.75) is 76.3 Å². The maximum Gasteiger partial charge on any atom is 0.0115 e. The molecule has 2 fully saturated rings. The summed E-state index contributed by atoms with van der Waals surface area (Å²) >= 11 is 0. The third-order valence-electron chi connectivity index (χ3n) is 4.09. The van der Waals surface area contributed by atoms with Crippen molar-refractivity contribution in [2.75, 3.05) is 0 Å². The molecule has 0 aliphatic heterocycles. The maximum atomic E-state index is 4.32. The van der Waals surface area contributed by atoms with E-state index in [0.29, 0.717) is 0 Å². The van der Waals surface area contributed by atoms with Crippen molar-refractivity contribution < 1.29 is 0 Å². The van der Waals surface area contributed by atoms with Gasteiger partial charge in [-0.25, -0.2) is 0 Å². The molecule has 0 heterocycles. The predicted molar refractivity (Wildman–Crippen MR) is 60.9 cm³/mol. The lowest BCUT2D eigenvalue weighted by Gasteiger charge is -2.38. The molecule has 0 aromatic heterocycles. The van der Waals surface area contributed by atoms with E-state index in [1.807, 2.05) is 0 Å². The van der Waals surface area contributed by atoms with Crippen LogP contribution in [0.25, 0.3) is 0 Å². The maximum absolute atomic E-state index is 4.32. The number of hydrogen-bond acceptors (Lipinski definition) is 1. The van der Waals surface area contributed by atoms with Crippen LogP contribution in [0, 0.1) is 7.05 Å². The van der Waals surface area contributed by atoms with Gasteiger partial charge >= 0.3 is 0 Å². The highest BCUT2D eigenvalue weighted by molar-refractivity contribution is 4.83. The standard InChI is InChI=1S/C13H24N/c1-14(12-8-4-2-5-9-12)13-10-6-3-7-11-13/h12-13H,1-11H2. The molecular formula is C13H24N. The average Bonchev–Trinajstić information content (AvgIpc) is 2.30. The molecule has 0 spiro atoms. The molecule has 1 nitrogen and oxygen atoms in total. The van der Waals surface area contributed by atoms with E-state index in [1.54, 1.807) is 0 Å². The first-order valence-corrected chi connectivity index (χ1v) is 6.47. The van der Waals surface area contributed by atoms with Crippen LogP contribution in [0.2, 0.25) is 0 Å². The summed E-state index contributed by atoms with van der Waals surface area (Å²) in [5, 5.41) is 0. The zero-order valence-electron chi connectivity index (χ0n) is 9.38. The van der Waals surface area contributed by atoms with Gasteiger partial charge in [-0.2, -0.15) is 0 Å². The number of hydrogen-bond donors (Lipinski definition) is 0. The Balaban J connectivity index is 1.82. The lowest BCUT2D eigenvalue weighted by atomic mass is 9.89. The first kappa shape index (κ1) is 10.5. The van der Waals surface area contributed by atoms with Crippen LogP contribution in [-0.2, 0) is 0 Å². The molecule has 0 saturated heterocycles. The van der Waals surface area contributed by atoms with Gasteiger partial charge in [-0.3, -0.25) is 4.90 Å². The Morgan fingerprint density at radius 2 is 1.00 bits per heavy atom. The Morgan fingerprint density at radius 3 is 1.36 bits per heavy atom. The normalized spacial score (nSPS) is 27.0. The van der Waals surface area contributed by atoms with Crippen LogP contribution in [0.3, 0.4) is 0 Å². The molecule has 2 saturated carbocycles. The highest BCUT2D eigenvalue weighted by Gasteiger charge is 2.25. The lowest BCUT2D eigenvalue weighted by molar-refractivity contribution is 0.130. The topological polar surface area (TPSA) is 3.24 Å². The molecule has 0 amide bonds. The fourth-order valence-electron chi connectivity index (χ4n) is 3.12. The summed E-state index contributed by atoms with van der Waals surface area (Å²) in [5.41, 5.74) is 0. The van der Waals surface area contributed by atoms with Gasteiger partial charge in [0.15, 0.2) is 0 Å². The molecule has 0 aromatic carbocycles. The summed E-state index contributed by atoms with van der Waals surface area (Å²) < 4.78 is 0. The minimum Gasteiger partial charge on any atom is -0.296 e. The Labute approximate surface area is 88.9 Å². The van der Waals surface area contributed by atoms with Crippen molar-refractivity contribution >= 4 is 0 Å². The molecule has 0 atom stereocenters. The zero-order chi connectivity index (χ0) is 9.80. The van der Waals surface area contributed by atoms with Crippen LogP contribution in [0.5, 0.6) is 0 Å². The van der Waals surface area contributed by atoms with E-state index >= 15 is 0 Å². The fraction of sp³-hybridized carbons (Fsp3) is 0.923. The van der Waals surface area contributed by atoms with Crippen molar-refractivity contribution in [3.63, 3.8) is 0 Å². The molecule has 0 N–H and O–H groups in total. The smallest absolute Gasteiger partial charge is 0.0115 e. The first-order valence-electron chi connectivity index (χ1n) is 6.47. The second-order valence-corrected chi connectivity index (χ2v) is 5.10. The van der Waals surface area contributed by atoms with Gasteiger partial charge in [0.1, 0.15) is 0 Å². The first-order chi connectivity index (χ1) is 6.88. The van der Waals surface area contributed by atoms with E-state index in [2.05, 4.69) is 11.9 Å². The lowest BCUT2D eigenvalue weighted by Crippen LogP contribution is -2.40. The molecule has 0 bridgehead atoms. The second kappa shape index (κ2) is 5.16. The third-order valence-corrected chi connectivity index (χ3v) is 4.09. The minimum absolute atomic E-state index is 0.812. The SMILES string of the molecule is [CH2]N(C1CCCCC1)C1CCCCC1. The van der Waals surface area contributed by atoms with Gasteiger partial charge < -0.3 is 0 Å². The fourth-order valence-corrected chi connectivity index (χ4v) is 3.12. The van der Waals surface area contributed by atoms with Gasteiger partial charge in [-0.15, -0.1) is 0 Å². The van der Waals surface area contributed by atoms with Crippen LogP contribution in [-0.4, -0.2) is 17.0 Å². The molecule has 1 radical (unpaired) electrons. The van der Waals surface area contributed by atoms with E-state index in [4.69, 9.17) is 0 Å². The summed E-state index contributed by atoms with van der Waals surface area (Å²) in [6.45, 7) is 0.